The van der Waals surface area contributed by atoms with Crippen molar-refractivity contribution in [3.05, 3.63) is 157 Å². The van der Waals surface area contributed by atoms with E-state index in [0.717, 1.165) is 80.6 Å². The van der Waals surface area contributed by atoms with Gasteiger partial charge in [0.15, 0.2) is 0 Å². The number of aliphatic carboxylic acids is 1. The maximum atomic E-state index is 8.89. The second-order valence-electron chi connectivity index (χ2n) is 12.3. The van der Waals surface area contributed by atoms with Crippen LogP contribution in [0.25, 0.3) is 0 Å². The standard InChI is InChI=1S/2C17H19N5.C2H3N.C2H4O2.3ClHO4.2Mn.O/c2*1-21-11-10-20-17(21)14-22(12-15-6-2-4-8-18-15)13-16-7-3-5-9-19-16;1-2-3;1-2(3)4;3*2-1(3,4)5;;;/h2*2-11H,12-14H2,1H3;1H3;1H3,(H,3,4);3*(H,2,3,4,5);;;/q;;;;;;;2*+3;-2/p-4. The van der Waals surface area contributed by atoms with Gasteiger partial charge in [0.05, 0.1) is 41.9 Å². The molecular weight excluding hydrogens is 1070 g/mol. The number of nitriles is 1. The Balaban J connectivity index is -0.000000418. The van der Waals surface area contributed by atoms with E-state index in [0.29, 0.717) is 0 Å². The summed E-state index contributed by atoms with van der Waals surface area (Å²) in [6.07, 6.45) is 14.9. The number of aromatic nitrogens is 8. The zero-order valence-corrected chi connectivity index (χ0v) is 41.4. The number of rotatable bonds is 12. The van der Waals surface area contributed by atoms with Crippen LogP contribution < -0.4 is 61.0 Å². The van der Waals surface area contributed by atoms with Gasteiger partial charge in [-0.2, -0.15) is 5.26 Å². The molecule has 69 heavy (non-hydrogen) atoms. The van der Waals surface area contributed by atoms with Crippen molar-refractivity contribution in [2.75, 3.05) is 0 Å². The number of nitrogens with zero attached hydrogens (tertiary/aromatic N) is 11. The number of carbonyl (C=O) groups excluding carboxylic acids is 1. The van der Waals surface area contributed by atoms with Crippen LogP contribution in [0.3, 0.4) is 0 Å². The Bertz CT molecular complexity index is 1940. The van der Waals surface area contributed by atoms with Crippen LogP contribution in [0.4, 0.5) is 0 Å². The van der Waals surface area contributed by atoms with Crippen LogP contribution >= 0.6 is 0 Å². The molecule has 0 spiro atoms. The van der Waals surface area contributed by atoms with E-state index >= 15 is 0 Å². The molecule has 6 rings (SSSR count). The summed E-state index contributed by atoms with van der Waals surface area (Å²) in [6, 6.07) is 25.7. The van der Waals surface area contributed by atoms with E-state index in [1.165, 1.54) is 6.92 Å². The molecule has 6 aromatic rings. The first-order valence-corrected chi connectivity index (χ1v) is 21.8. The number of aryl methyl sites for hydroxylation is 2. The zero-order valence-electron chi connectivity index (χ0n) is 36.7. The largest absolute Gasteiger partial charge is 3.00 e. The van der Waals surface area contributed by atoms with Gasteiger partial charge >= 0.3 is 34.1 Å². The summed E-state index contributed by atoms with van der Waals surface area (Å²) in [5, 5.41) is 16.2. The number of carboxylic acids is 1. The third kappa shape index (κ3) is 46.8. The third-order valence-electron chi connectivity index (χ3n) is 7.02. The van der Waals surface area contributed by atoms with Crippen molar-refractivity contribution in [2.45, 2.75) is 53.1 Å². The first-order chi connectivity index (χ1) is 30.8. The molecule has 0 radical (unpaired) electrons. The summed E-state index contributed by atoms with van der Waals surface area (Å²) in [4.78, 5) is 40.0. The van der Waals surface area contributed by atoms with Gasteiger partial charge in [0.2, 0.25) is 0 Å². The SMILES string of the molecule is CC#N.CC(=O)[O-].Cn1ccnc1CN(Cc1ccccn1)Cc1ccccn1.Cn1ccnc1CN(Cc1ccccn1)Cc1ccccn1.[Mn+3].[Mn+3].[O-2].[O-][Cl+3]([O-])([O-])[O-].[O-][Cl+3]([O-])([O-])[O-].[O-][Cl+3]([O-])([O-])[O-]. The number of pyridine rings is 4. The fraction of sp³-hybridized carbons (Fsp3) is 0.263. The second-order valence-corrected chi connectivity index (χ2v) is 14.6. The molecule has 0 aliphatic rings. The zero-order chi connectivity index (χ0) is 50.2. The Morgan fingerprint density at radius 2 is 0.710 bits per heavy atom. The fourth-order valence-electron chi connectivity index (χ4n) is 4.72. The predicted molar refractivity (Wildman–Crippen MR) is 192 cm³/mol. The van der Waals surface area contributed by atoms with Crippen molar-refractivity contribution >= 4 is 5.97 Å². The van der Waals surface area contributed by atoms with Gasteiger partial charge in [0.25, 0.3) is 0 Å². The van der Waals surface area contributed by atoms with Gasteiger partial charge in [-0.3, -0.25) is 29.7 Å². The molecule has 0 bridgehead atoms. The van der Waals surface area contributed by atoms with Crippen molar-refractivity contribution in [3.8, 4) is 6.07 Å². The van der Waals surface area contributed by atoms with Crippen LogP contribution in [0, 0.1) is 42.1 Å². The number of imidazole rings is 2. The molecule has 0 atom stereocenters. The summed E-state index contributed by atoms with van der Waals surface area (Å²) in [5.74, 6) is 0.985. The second kappa shape index (κ2) is 39.1. The van der Waals surface area contributed by atoms with Crippen LogP contribution in [0.5, 0.6) is 0 Å². The van der Waals surface area contributed by atoms with Gasteiger partial charge in [-0.25, -0.2) is 65.9 Å². The maximum Gasteiger partial charge on any atom is 3.00 e. The van der Waals surface area contributed by atoms with Crippen molar-refractivity contribution in [2.24, 2.45) is 14.1 Å². The minimum Gasteiger partial charge on any atom is -2.00 e. The molecule has 6 aromatic heterocycles. The van der Waals surface area contributed by atoms with Crippen molar-refractivity contribution in [1.82, 2.24) is 48.8 Å². The Morgan fingerprint density at radius 3 is 0.855 bits per heavy atom. The van der Waals surface area contributed by atoms with Gasteiger partial charge in [0.1, 0.15) is 11.6 Å². The van der Waals surface area contributed by atoms with Gasteiger partial charge < -0.3 is 24.5 Å². The summed E-state index contributed by atoms with van der Waals surface area (Å²) < 4.78 is 106. The van der Waals surface area contributed by atoms with Crippen LogP contribution in [0.2, 0.25) is 0 Å². The monoisotopic (exact) mass is 1110 g/mol. The molecule has 0 fully saturated rings. The quantitative estimate of drug-likeness (QED) is 0.103. The first kappa shape index (κ1) is 70.8. The minimum absolute atomic E-state index is 0. The van der Waals surface area contributed by atoms with E-state index < -0.39 is 36.7 Å². The fourth-order valence-corrected chi connectivity index (χ4v) is 4.72. The molecule has 0 aliphatic heterocycles. The number of hydrogen-bond donors (Lipinski definition) is 0. The van der Waals surface area contributed by atoms with Gasteiger partial charge in [-0.05, 0) is 55.5 Å². The molecule has 31 heteroatoms. The summed E-state index contributed by atoms with van der Waals surface area (Å²) in [5.41, 5.74) is 4.19. The van der Waals surface area contributed by atoms with E-state index in [-0.39, 0.29) is 39.6 Å². The van der Waals surface area contributed by atoms with Crippen LogP contribution in [0.1, 0.15) is 48.3 Å². The van der Waals surface area contributed by atoms with E-state index in [1.807, 2.05) is 146 Å². The van der Waals surface area contributed by atoms with Gasteiger partial charge in [-0.15, -0.1) is 30.7 Å². The van der Waals surface area contributed by atoms with Crippen LogP contribution in [-0.2, 0) is 97.8 Å². The molecule has 0 aromatic carbocycles. The normalized spacial score (nSPS) is 10.1. The molecular formula is C38H44Cl3Mn2N11O15. The molecule has 26 nitrogen and oxygen atoms in total. The van der Waals surface area contributed by atoms with Gasteiger partial charge in [0, 0.05) is 103 Å². The van der Waals surface area contributed by atoms with Gasteiger partial charge in [-0.1, -0.05) is 24.3 Å². The Hall–Kier alpha value is -4.71. The molecule has 0 amide bonds. The number of carboxylic acid groups (broad SMARTS) is 1. The first-order valence-electron chi connectivity index (χ1n) is 18.1. The average molecular weight is 1110 g/mol. The molecule has 0 saturated carbocycles. The molecule has 0 saturated heterocycles. The van der Waals surface area contributed by atoms with Crippen LogP contribution in [-0.4, -0.2) is 54.8 Å². The maximum absolute atomic E-state index is 8.89. The minimum atomic E-state index is -4.94. The molecule has 6 heterocycles. The molecule has 376 valence electrons. The molecule has 0 N–H and O–H groups in total. The smallest absolute Gasteiger partial charge is 2.00 e. The average Bonchev–Trinajstić information content (AvgIpc) is 3.80. The Morgan fingerprint density at radius 1 is 0.507 bits per heavy atom. The predicted octanol–water partition coefficient (Wildman–Crippen LogP) is -10.3. The Labute approximate surface area is 424 Å². The number of halogens is 3. The molecule has 0 aliphatic carbocycles. The third-order valence-corrected chi connectivity index (χ3v) is 7.02. The Kier molecular flexibility index (Phi) is 40.1. The summed E-state index contributed by atoms with van der Waals surface area (Å²) in [7, 11) is -10.8. The van der Waals surface area contributed by atoms with Crippen LogP contribution in [0.15, 0.2) is 122 Å². The number of hydrogen-bond acceptors (Lipinski definition) is 23. The topological polar surface area (TPSA) is 463 Å². The van der Waals surface area contributed by atoms with E-state index in [9.17, 15) is 0 Å². The van der Waals surface area contributed by atoms with E-state index in [2.05, 4.69) is 39.7 Å². The molecule has 0 unspecified atom stereocenters. The van der Waals surface area contributed by atoms with E-state index in [1.54, 1.807) is 6.07 Å². The summed E-state index contributed by atoms with van der Waals surface area (Å²) >= 11 is 0. The van der Waals surface area contributed by atoms with Crippen molar-refractivity contribution < 1.29 is 136 Å². The summed E-state index contributed by atoms with van der Waals surface area (Å²) in [6.45, 7) is 7.00. The van der Waals surface area contributed by atoms with Crippen molar-refractivity contribution in [3.63, 3.8) is 0 Å². The van der Waals surface area contributed by atoms with Crippen molar-refractivity contribution in [1.29, 1.82) is 5.26 Å². The number of carbonyl (C=O) groups is 1. The van der Waals surface area contributed by atoms with E-state index in [4.69, 9.17) is 71.1 Å².